The molecular formula is C15H12N2O4. The summed E-state index contributed by atoms with van der Waals surface area (Å²) in [5.74, 6) is -0.187. The number of aromatic nitrogens is 1. The van der Waals surface area contributed by atoms with Gasteiger partial charge in [0.05, 0.1) is 24.3 Å². The Labute approximate surface area is 121 Å². The van der Waals surface area contributed by atoms with E-state index < -0.39 is 5.97 Å². The summed E-state index contributed by atoms with van der Waals surface area (Å²) in [6.45, 7) is 1.68. The smallest absolute Gasteiger partial charge is 0.335 e. The molecule has 0 saturated carbocycles. The van der Waals surface area contributed by atoms with Crippen LogP contribution in [-0.4, -0.2) is 23.2 Å². The third-order valence-electron chi connectivity index (χ3n) is 2.68. The van der Waals surface area contributed by atoms with Gasteiger partial charge in [0.2, 0.25) is 5.88 Å². The molecule has 1 aromatic heterocycles. The number of carboxylic acid groups (broad SMARTS) is 1. The molecule has 0 atom stereocenters. The number of rotatable bonds is 4. The van der Waals surface area contributed by atoms with Crippen molar-refractivity contribution in [2.75, 3.05) is 7.11 Å². The first-order chi connectivity index (χ1) is 10.0. The standard InChI is InChI=1S/C15H12N2O4/c1-9-5-11(15(18)19)7-14(17-9)21-12-4-3-10(8-16)6-13(12)20-2/h3-7H,1-2H3,(H,18,19). The van der Waals surface area contributed by atoms with Gasteiger partial charge >= 0.3 is 5.97 Å². The van der Waals surface area contributed by atoms with E-state index in [4.69, 9.17) is 19.8 Å². The molecule has 1 heterocycles. The minimum Gasteiger partial charge on any atom is -0.493 e. The highest BCUT2D eigenvalue weighted by Gasteiger charge is 2.11. The lowest BCUT2D eigenvalue weighted by atomic mass is 10.2. The first-order valence-corrected chi connectivity index (χ1v) is 6.01. The molecule has 2 aromatic rings. The molecule has 0 radical (unpaired) electrons. The zero-order valence-corrected chi connectivity index (χ0v) is 11.5. The van der Waals surface area contributed by atoms with Gasteiger partial charge < -0.3 is 14.6 Å². The third-order valence-corrected chi connectivity index (χ3v) is 2.68. The molecule has 0 amide bonds. The van der Waals surface area contributed by atoms with Crippen LogP contribution in [-0.2, 0) is 0 Å². The Morgan fingerprint density at radius 1 is 1.29 bits per heavy atom. The monoisotopic (exact) mass is 284 g/mol. The van der Waals surface area contributed by atoms with Crippen LogP contribution in [0.5, 0.6) is 17.4 Å². The first kappa shape index (κ1) is 14.3. The predicted octanol–water partition coefficient (Wildman–Crippen LogP) is 2.76. The SMILES string of the molecule is COc1cc(C#N)ccc1Oc1cc(C(=O)O)cc(C)n1. The zero-order chi connectivity index (χ0) is 15.4. The number of hydrogen-bond donors (Lipinski definition) is 1. The van der Waals surface area contributed by atoms with Gasteiger partial charge in [-0.05, 0) is 25.1 Å². The quantitative estimate of drug-likeness (QED) is 0.928. The molecule has 6 nitrogen and oxygen atoms in total. The van der Waals surface area contributed by atoms with Crippen molar-refractivity contribution >= 4 is 5.97 Å². The highest BCUT2D eigenvalue weighted by molar-refractivity contribution is 5.88. The van der Waals surface area contributed by atoms with Crippen molar-refractivity contribution in [3.05, 3.63) is 47.2 Å². The van der Waals surface area contributed by atoms with E-state index in [0.717, 1.165) is 0 Å². The number of ether oxygens (including phenoxy) is 2. The maximum atomic E-state index is 11.0. The Morgan fingerprint density at radius 3 is 2.67 bits per heavy atom. The Bertz CT molecular complexity index is 735. The van der Waals surface area contributed by atoms with Gasteiger partial charge in [0, 0.05) is 17.8 Å². The Balaban J connectivity index is 2.38. The number of methoxy groups -OCH3 is 1. The molecule has 106 valence electrons. The van der Waals surface area contributed by atoms with Crippen LogP contribution in [0, 0.1) is 18.3 Å². The fourth-order valence-electron chi connectivity index (χ4n) is 1.75. The largest absolute Gasteiger partial charge is 0.493 e. The summed E-state index contributed by atoms with van der Waals surface area (Å²) in [6, 6.07) is 9.45. The highest BCUT2D eigenvalue weighted by atomic mass is 16.5. The summed E-state index contributed by atoms with van der Waals surface area (Å²) in [6.07, 6.45) is 0. The normalized spacial score (nSPS) is 9.76. The number of carbonyl (C=O) groups is 1. The molecule has 2 rings (SSSR count). The van der Waals surface area contributed by atoms with Crippen LogP contribution in [0.1, 0.15) is 21.6 Å². The molecule has 6 heteroatoms. The van der Waals surface area contributed by atoms with Gasteiger partial charge in [0.1, 0.15) is 0 Å². The minimum absolute atomic E-state index is 0.0881. The van der Waals surface area contributed by atoms with Crippen LogP contribution in [0.4, 0.5) is 0 Å². The van der Waals surface area contributed by atoms with E-state index in [9.17, 15) is 4.79 Å². The number of benzene rings is 1. The summed E-state index contributed by atoms with van der Waals surface area (Å²) >= 11 is 0. The number of nitriles is 1. The summed E-state index contributed by atoms with van der Waals surface area (Å²) in [5.41, 5.74) is 1.05. The molecule has 0 aliphatic heterocycles. The van der Waals surface area contributed by atoms with Gasteiger partial charge in [-0.25, -0.2) is 9.78 Å². The molecule has 0 saturated heterocycles. The van der Waals surface area contributed by atoms with Gasteiger partial charge in [-0.1, -0.05) is 0 Å². The first-order valence-electron chi connectivity index (χ1n) is 6.01. The second-order valence-corrected chi connectivity index (χ2v) is 4.22. The molecule has 0 aliphatic carbocycles. The van der Waals surface area contributed by atoms with E-state index in [0.29, 0.717) is 22.8 Å². The van der Waals surface area contributed by atoms with Crippen LogP contribution in [0.15, 0.2) is 30.3 Å². The maximum Gasteiger partial charge on any atom is 0.335 e. The van der Waals surface area contributed by atoms with Crippen molar-refractivity contribution in [2.45, 2.75) is 6.92 Å². The van der Waals surface area contributed by atoms with E-state index in [1.807, 2.05) is 6.07 Å². The number of carboxylic acids is 1. The summed E-state index contributed by atoms with van der Waals surface area (Å²) < 4.78 is 10.7. The van der Waals surface area contributed by atoms with Gasteiger partial charge in [0.25, 0.3) is 0 Å². The topological polar surface area (TPSA) is 92.4 Å². The molecule has 0 aliphatic rings. The zero-order valence-electron chi connectivity index (χ0n) is 11.5. The predicted molar refractivity (Wildman–Crippen MR) is 73.7 cm³/mol. The number of nitrogens with zero attached hydrogens (tertiary/aromatic N) is 2. The molecule has 21 heavy (non-hydrogen) atoms. The minimum atomic E-state index is -1.06. The van der Waals surface area contributed by atoms with E-state index in [2.05, 4.69) is 4.98 Å². The Hall–Kier alpha value is -3.07. The van der Waals surface area contributed by atoms with Crippen LogP contribution >= 0.6 is 0 Å². The van der Waals surface area contributed by atoms with Crippen molar-refractivity contribution < 1.29 is 19.4 Å². The van der Waals surface area contributed by atoms with Crippen LogP contribution in [0.25, 0.3) is 0 Å². The van der Waals surface area contributed by atoms with E-state index in [1.54, 1.807) is 19.1 Å². The van der Waals surface area contributed by atoms with Crippen LogP contribution in [0.3, 0.4) is 0 Å². The van der Waals surface area contributed by atoms with Crippen LogP contribution in [0.2, 0.25) is 0 Å². The summed E-state index contributed by atoms with van der Waals surface area (Å²) in [7, 11) is 1.45. The van der Waals surface area contributed by atoms with E-state index in [1.165, 1.54) is 25.3 Å². The number of aromatic carboxylic acids is 1. The fourth-order valence-corrected chi connectivity index (χ4v) is 1.75. The molecule has 0 unspecified atom stereocenters. The summed E-state index contributed by atoms with van der Waals surface area (Å²) in [5, 5.41) is 17.9. The number of pyridine rings is 1. The van der Waals surface area contributed by atoms with Crippen molar-refractivity contribution in [1.29, 1.82) is 5.26 Å². The highest BCUT2D eigenvalue weighted by Crippen LogP contribution is 2.31. The van der Waals surface area contributed by atoms with Crippen molar-refractivity contribution in [3.8, 4) is 23.4 Å². The average molecular weight is 284 g/mol. The number of hydrogen-bond acceptors (Lipinski definition) is 5. The Kier molecular flexibility index (Phi) is 4.05. The van der Waals surface area contributed by atoms with E-state index >= 15 is 0 Å². The molecule has 1 N–H and O–H groups in total. The second kappa shape index (κ2) is 5.92. The third kappa shape index (κ3) is 3.28. The van der Waals surface area contributed by atoms with Crippen molar-refractivity contribution in [2.24, 2.45) is 0 Å². The van der Waals surface area contributed by atoms with Gasteiger partial charge in [-0.2, -0.15) is 5.26 Å². The molecule has 0 fully saturated rings. The average Bonchev–Trinajstić information content (AvgIpc) is 2.47. The summed E-state index contributed by atoms with van der Waals surface area (Å²) in [4.78, 5) is 15.1. The van der Waals surface area contributed by atoms with Gasteiger partial charge in [-0.3, -0.25) is 0 Å². The molecular weight excluding hydrogens is 272 g/mol. The molecule has 0 bridgehead atoms. The van der Waals surface area contributed by atoms with E-state index in [-0.39, 0.29) is 11.4 Å². The second-order valence-electron chi connectivity index (χ2n) is 4.22. The molecule has 0 spiro atoms. The van der Waals surface area contributed by atoms with Gasteiger partial charge in [-0.15, -0.1) is 0 Å². The van der Waals surface area contributed by atoms with Gasteiger partial charge in [0.15, 0.2) is 11.5 Å². The van der Waals surface area contributed by atoms with Crippen molar-refractivity contribution in [1.82, 2.24) is 4.98 Å². The Morgan fingerprint density at radius 2 is 2.05 bits per heavy atom. The number of aryl methyl sites for hydroxylation is 1. The molecule has 1 aromatic carbocycles. The van der Waals surface area contributed by atoms with Crippen molar-refractivity contribution in [3.63, 3.8) is 0 Å². The van der Waals surface area contributed by atoms with Crippen LogP contribution < -0.4 is 9.47 Å². The fraction of sp³-hybridized carbons (Fsp3) is 0.133. The maximum absolute atomic E-state index is 11.0. The lowest BCUT2D eigenvalue weighted by Gasteiger charge is -2.10. The lowest BCUT2D eigenvalue weighted by molar-refractivity contribution is 0.0696. The lowest BCUT2D eigenvalue weighted by Crippen LogP contribution is -2.00.